The van der Waals surface area contributed by atoms with Crippen LogP contribution in [0.4, 0.5) is 10.5 Å². The topological polar surface area (TPSA) is 87.3 Å². The number of nitrogens with one attached hydrogen (secondary N) is 3. The molecule has 1 fully saturated rings. The van der Waals surface area contributed by atoms with E-state index in [-0.39, 0.29) is 12.3 Å². The first kappa shape index (κ1) is 16.0. The molecule has 1 saturated heterocycles. The van der Waals surface area contributed by atoms with E-state index in [0.29, 0.717) is 16.3 Å². The van der Waals surface area contributed by atoms with Crippen LogP contribution in [0.1, 0.15) is 17.2 Å². The van der Waals surface area contributed by atoms with Crippen LogP contribution in [-0.4, -0.2) is 17.8 Å². The summed E-state index contributed by atoms with van der Waals surface area (Å²) >= 11 is 6.05. The van der Waals surface area contributed by atoms with E-state index in [1.165, 1.54) is 0 Å². The highest BCUT2D eigenvalue weighted by molar-refractivity contribution is 6.31. The fraction of sp³-hybridized carbons (Fsp3) is 0.118. The molecule has 3 rings (SSSR count). The summed E-state index contributed by atoms with van der Waals surface area (Å²) in [6.45, 7) is 0. The summed E-state index contributed by atoms with van der Waals surface area (Å²) in [4.78, 5) is 35.1. The van der Waals surface area contributed by atoms with Crippen LogP contribution in [0.15, 0.2) is 48.5 Å². The van der Waals surface area contributed by atoms with Crippen molar-refractivity contribution in [1.29, 1.82) is 0 Å². The van der Waals surface area contributed by atoms with Gasteiger partial charge in [-0.1, -0.05) is 41.9 Å². The van der Waals surface area contributed by atoms with E-state index in [4.69, 9.17) is 11.6 Å². The van der Waals surface area contributed by atoms with Crippen LogP contribution in [0.2, 0.25) is 5.02 Å². The predicted molar refractivity (Wildman–Crippen MR) is 89.6 cm³/mol. The third-order valence-corrected chi connectivity index (χ3v) is 3.96. The van der Waals surface area contributed by atoms with Gasteiger partial charge in [-0.15, -0.1) is 0 Å². The van der Waals surface area contributed by atoms with E-state index in [1.54, 1.807) is 42.5 Å². The van der Waals surface area contributed by atoms with Crippen LogP contribution < -0.4 is 16.0 Å². The molecule has 0 aromatic heterocycles. The SMILES string of the molecule is O=C(Cc1ccccc1Cl)Nc1cccc(C2NC(=O)NC2=O)c1. The Kier molecular flexibility index (Phi) is 4.48. The van der Waals surface area contributed by atoms with Gasteiger partial charge < -0.3 is 10.6 Å². The lowest BCUT2D eigenvalue weighted by atomic mass is 10.1. The number of hydrogen-bond acceptors (Lipinski definition) is 3. The van der Waals surface area contributed by atoms with Crippen LogP contribution >= 0.6 is 11.6 Å². The van der Waals surface area contributed by atoms with E-state index in [2.05, 4.69) is 16.0 Å². The molecule has 1 unspecified atom stereocenters. The maximum Gasteiger partial charge on any atom is 0.322 e. The maximum absolute atomic E-state index is 12.2. The van der Waals surface area contributed by atoms with Crippen molar-refractivity contribution in [2.75, 3.05) is 5.32 Å². The Bertz CT molecular complexity index is 822. The third-order valence-electron chi connectivity index (χ3n) is 3.59. The first-order valence-electron chi connectivity index (χ1n) is 7.27. The number of carbonyl (C=O) groups is 3. The largest absolute Gasteiger partial charge is 0.326 e. The monoisotopic (exact) mass is 343 g/mol. The molecule has 0 saturated carbocycles. The minimum Gasteiger partial charge on any atom is -0.326 e. The number of carbonyl (C=O) groups excluding carboxylic acids is 3. The standard InChI is InChI=1S/C17H14ClN3O3/c18-13-7-2-1-4-10(13)9-14(22)19-12-6-3-5-11(8-12)15-16(23)21-17(24)20-15/h1-8,15H,9H2,(H,19,22)(H2,20,21,23,24). The van der Waals surface area contributed by atoms with E-state index >= 15 is 0 Å². The fourth-order valence-corrected chi connectivity index (χ4v) is 2.67. The minimum atomic E-state index is -0.752. The molecule has 24 heavy (non-hydrogen) atoms. The number of halogens is 1. The van der Waals surface area contributed by atoms with Gasteiger partial charge in [0.2, 0.25) is 5.91 Å². The zero-order chi connectivity index (χ0) is 17.1. The number of amides is 4. The second-order valence-electron chi connectivity index (χ2n) is 5.34. The van der Waals surface area contributed by atoms with Crippen LogP contribution in [0, 0.1) is 0 Å². The Morgan fingerprint density at radius 2 is 1.92 bits per heavy atom. The smallest absolute Gasteiger partial charge is 0.322 e. The Hall–Kier alpha value is -2.86. The molecule has 0 aliphatic carbocycles. The molecule has 2 aromatic rings. The zero-order valence-corrected chi connectivity index (χ0v) is 13.3. The van der Waals surface area contributed by atoms with Gasteiger partial charge in [0.05, 0.1) is 6.42 Å². The van der Waals surface area contributed by atoms with Crippen LogP contribution in [0.3, 0.4) is 0 Å². The van der Waals surface area contributed by atoms with Crippen molar-refractivity contribution < 1.29 is 14.4 Å². The fourth-order valence-electron chi connectivity index (χ4n) is 2.47. The second kappa shape index (κ2) is 6.72. The highest BCUT2D eigenvalue weighted by Crippen LogP contribution is 2.21. The number of hydrogen-bond donors (Lipinski definition) is 3. The van der Waals surface area contributed by atoms with Crippen molar-refractivity contribution in [1.82, 2.24) is 10.6 Å². The Morgan fingerprint density at radius 1 is 1.12 bits per heavy atom. The summed E-state index contributed by atoms with van der Waals surface area (Å²) in [6.07, 6.45) is 0.143. The van der Waals surface area contributed by atoms with Crippen LogP contribution in [-0.2, 0) is 16.0 Å². The van der Waals surface area contributed by atoms with Crippen molar-refractivity contribution in [2.24, 2.45) is 0 Å². The van der Waals surface area contributed by atoms with E-state index in [0.717, 1.165) is 5.56 Å². The second-order valence-corrected chi connectivity index (χ2v) is 5.74. The highest BCUT2D eigenvalue weighted by Gasteiger charge is 2.30. The number of rotatable bonds is 4. The van der Waals surface area contributed by atoms with Gasteiger partial charge in [0, 0.05) is 10.7 Å². The van der Waals surface area contributed by atoms with Gasteiger partial charge in [-0.3, -0.25) is 14.9 Å². The lowest BCUT2D eigenvalue weighted by Crippen LogP contribution is -2.22. The van der Waals surface area contributed by atoms with Crippen LogP contribution in [0.5, 0.6) is 0 Å². The van der Waals surface area contributed by atoms with Crippen molar-refractivity contribution in [2.45, 2.75) is 12.5 Å². The predicted octanol–water partition coefficient (Wildman–Crippen LogP) is 2.40. The molecular weight excluding hydrogens is 330 g/mol. The third kappa shape index (κ3) is 3.55. The first-order valence-corrected chi connectivity index (χ1v) is 7.65. The van der Waals surface area contributed by atoms with E-state index < -0.39 is 18.0 Å². The Balaban J connectivity index is 1.71. The lowest BCUT2D eigenvalue weighted by Gasteiger charge is -2.11. The summed E-state index contributed by atoms with van der Waals surface area (Å²) in [6, 6.07) is 12.6. The maximum atomic E-state index is 12.2. The van der Waals surface area contributed by atoms with Gasteiger partial charge in [-0.25, -0.2) is 4.79 Å². The molecule has 1 heterocycles. The van der Waals surface area contributed by atoms with Gasteiger partial charge >= 0.3 is 6.03 Å². The number of benzene rings is 2. The molecule has 6 nitrogen and oxygen atoms in total. The summed E-state index contributed by atoms with van der Waals surface area (Å²) in [5, 5.41) is 7.99. The molecule has 7 heteroatoms. The van der Waals surface area contributed by atoms with Gasteiger partial charge in [0.25, 0.3) is 5.91 Å². The Labute approximate surface area is 143 Å². The molecule has 1 atom stereocenters. The summed E-state index contributed by atoms with van der Waals surface area (Å²) in [7, 11) is 0. The Morgan fingerprint density at radius 3 is 2.62 bits per heavy atom. The molecular formula is C17H14ClN3O3. The normalized spacial score (nSPS) is 16.5. The van der Waals surface area contributed by atoms with Crippen molar-refractivity contribution >= 4 is 35.1 Å². The lowest BCUT2D eigenvalue weighted by molar-refractivity contribution is -0.120. The van der Waals surface area contributed by atoms with Gasteiger partial charge in [0.15, 0.2) is 0 Å². The van der Waals surface area contributed by atoms with Crippen molar-refractivity contribution in [3.8, 4) is 0 Å². The molecule has 2 aromatic carbocycles. The molecule has 0 radical (unpaired) electrons. The summed E-state index contributed by atoms with van der Waals surface area (Å²) in [5.41, 5.74) is 1.86. The summed E-state index contributed by atoms with van der Waals surface area (Å²) in [5.74, 6) is -0.639. The number of anilines is 1. The highest BCUT2D eigenvalue weighted by atomic mass is 35.5. The number of imide groups is 1. The average Bonchev–Trinajstić information content (AvgIpc) is 2.88. The average molecular weight is 344 g/mol. The molecule has 4 amide bonds. The molecule has 0 spiro atoms. The van der Waals surface area contributed by atoms with Gasteiger partial charge in [-0.05, 0) is 29.3 Å². The number of urea groups is 1. The van der Waals surface area contributed by atoms with Crippen LogP contribution in [0.25, 0.3) is 0 Å². The molecule has 1 aliphatic heterocycles. The minimum absolute atomic E-state index is 0.143. The van der Waals surface area contributed by atoms with E-state index in [9.17, 15) is 14.4 Å². The molecule has 1 aliphatic rings. The van der Waals surface area contributed by atoms with Crippen molar-refractivity contribution in [3.05, 3.63) is 64.7 Å². The van der Waals surface area contributed by atoms with Gasteiger partial charge in [0.1, 0.15) is 6.04 Å². The van der Waals surface area contributed by atoms with Gasteiger partial charge in [-0.2, -0.15) is 0 Å². The molecule has 122 valence electrons. The summed E-state index contributed by atoms with van der Waals surface area (Å²) < 4.78 is 0. The van der Waals surface area contributed by atoms with Crippen molar-refractivity contribution in [3.63, 3.8) is 0 Å². The van der Waals surface area contributed by atoms with E-state index in [1.807, 2.05) is 6.07 Å². The zero-order valence-electron chi connectivity index (χ0n) is 12.5. The first-order chi connectivity index (χ1) is 11.5. The molecule has 0 bridgehead atoms. The quantitative estimate of drug-likeness (QED) is 0.745. The molecule has 3 N–H and O–H groups in total.